The van der Waals surface area contributed by atoms with Gasteiger partial charge in [-0.15, -0.1) is 0 Å². The van der Waals surface area contributed by atoms with Gasteiger partial charge >= 0.3 is 10.9 Å². The Balaban J connectivity index is 5.81. The van der Waals surface area contributed by atoms with Gasteiger partial charge in [-0.3, -0.25) is 4.79 Å². The Kier molecular flexibility index (Phi) is 5.34. The number of halogens is 1. The van der Waals surface area contributed by atoms with Crippen LogP contribution in [-0.4, -0.2) is 62.9 Å². The van der Waals surface area contributed by atoms with Crippen molar-refractivity contribution in [3.05, 3.63) is 0 Å². The van der Waals surface area contributed by atoms with E-state index >= 15 is 0 Å². The first kappa shape index (κ1) is 18.5. The number of aliphatic carboxylic acids is 1. The molecule has 0 bridgehead atoms. The summed E-state index contributed by atoms with van der Waals surface area (Å²) in [6.45, 7) is -0.521. The molecule has 0 aliphatic rings. The van der Waals surface area contributed by atoms with Crippen LogP contribution in [0.2, 0.25) is 0 Å². The predicted octanol–water partition coefficient (Wildman–Crippen LogP) is -4.18. The van der Waals surface area contributed by atoms with Crippen LogP contribution < -0.4 is 14.0 Å². The molecule has 0 fully saturated rings. The van der Waals surface area contributed by atoms with Gasteiger partial charge in [0.15, 0.2) is 9.84 Å². The first-order valence-electron chi connectivity index (χ1n) is 4.91. The van der Waals surface area contributed by atoms with Gasteiger partial charge in [-0.2, -0.15) is 14.0 Å². The Morgan fingerprint density at radius 1 is 1.32 bits per heavy atom. The van der Waals surface area contributed by atoms with Gasteiger partial charge in [0, 0.05) is 6.26 Å². The highest BCUT2D eigenvalue weighted by atomic mass is 35.7. The first-order chi connectivity index (χ1) is 8.08. The van der Waals surface area contributed by atoms with Gasteiger partial charge in [-0.25, -0.2) is 8.42 Å². The van der Waals surface area contributed by atoms with Gasteiger partial charge in [0.1, 0.15) is 13.0 Å². The SMILES string of the molecule is C[N+](C)(C)C[C@](CC(=O)O)(O[Cl+3]([O-])([O-])[O-])S(C)(=O)=O. The largest absolute Gasteiger partial charge is 0.481 e. The van der Waals surface area contributed by atoms with E-state index in [2.05, 4.69) is 4.29 Å². The lowest BCUT2D eigenvalue weighted by atomic mass is 10.2. The van der Waals surface area contributed by atoms with Crippen LogP contribution >= 0.6 is 0 Å². The van der Waals surface area contributed by atoms with E-state index in [1.165, 1.54) is 21.1 Å². The first-order valence-corrected chi connectivity index (χ1v) is 8.04. The molecule has 0 saturated carbocycles. The van der Waals surface area contributed by atoms with E-state index in [4.69, 9.17) is 5.11 Å². The summed E-state index contributed by atoms with van der Waals surface area (Å²) in [4.78, 5) is 8.14. The molecule has 0 aromatic carbocycles. The van der Waals surface area contributed by atoms with Crippen molar-refractivity contribution >= 4 is 15.8 Å². The monoisotopic (exact) mass is 322 g/mol. The minimum Gasteiger partial charge on any atom is -0.481 e. The lowest BCUT2D eigenvalue weighted by Crippen LogP contribution is -2.68. The summed E-state index contributed by atoms with van der Waals surface area (Å²) >= 11 is 0. The van der Waals surface area contributed by atoms with E-state index in [1.54, 1.807) is 0 Å². The van der Waals surface area contributed by atoms with Crippen LogP contribution in [0.25, 0.3) is 0 Å². The molecular formula is C8H17ClNO8S+. The smallest absolute Gasteiger partial charge is 0.378 e. The average Bonchev–Trinajstić information content (AvgIpc) is 1.91. The second kappa shape index (κ2) is 5.48. The minimum atomic E-state index is -5.09. The summed E-state index contributed by atoms with van der Waals surface area (Å²) in [5, 5.41) is 8.75. The van der Waals surface area contributed by atoms with Crippen molar-refractivity contribution < 1.29 is 51.3 Å². The number of carboxylic acids is 1. The molecule has 0 amide bonds. The normalized spacial score (nSPS) is 17.0. The number of carbonyl (C=O) groups is 1. The van der Waals surface area contributed by atoms with Crippen LogP contribution in [0.4, 0.5) is 0 Å². The molecule has 0 aromatic heterocycles. The Morgan fingerprint density at radius 3 is 1.95 bits per heavy atom. The van der Waals surface area contributed by atoms with Gasteiger partial charge in [-0.1, -0.05) is 0 Å². The fourth-order valence-electron chi connectivity index (χ4n) is 1.54. The summed E-state index contributed by atoms with van der Waals surface area (Å²) in [6, 6.07) is 0. The number of sulfone groups is 1. The highest BCUT2D eigenvalue weighted by Gasteiger charge is 2.60. The molecular weight excluding hydrogens is 306 g/mol. The van der Waals surface area contributed by atoms with E-state index in [0.717, 1.165) is 0 Å². The van der Waals surface area contributed by atoms with Crippen LogP contribution in [0, 0.1) is 10.2 Å². The van der Waals surface area contributed by atoms with E-state index in [1.807, 2.05) is 0 Å². The molecule has 0 rings (SSSR count). The fourth-order valence-corrected chi connectivity index (χ4v) is 3.68. The maximum atomic E-state index is 11.7. The van der Waals surface area contributed by atoms with Gasteiger partial charge in [0.2, 0.25) is 0 Å². The Labute approximate surface area is 113 Å². The van der Waals surface area contributed by atoms with Crippen molar-refractivity contribution in [3.63, 3.8) is 0 Å². The Hall–Kier alpha value is -0.490. The van der Waals surface area contributed by atoms with Crippen LogP contribution in [0.3, 0.4) is 0 Å². The fraction of sp³-hybridized carbons (Fsp3) is 0.875. The zero-order valence-electron chi connectivity index (χ0n) is 11.0. The topological polar surface area (TPSA) is 150 Å². The third-order valence-corrected chi connectivity index (χ3v) is 4.33. The van der Waals surface area contributed by atoms with Gasteiger partial charge < -0.3 is 9.59 Å². The van der Waals surface area contributed by atoms with Crippen LogP contribution in [0.5, 0.6) is 0 Å². The predicted molar refractivity (Wildman–Crippen MR) is 53.8 cm³/mol. The van der Waals surface area contributed by atoms with Gasteiger partial charge in [0.05, 0.1) is 35.7 Å². The molecule has 9 nitrogen and oxygen atoms in total. The third kappa shape index (κ3) is 6.47. The number of nitrogens with zero attached hydrogens (tertiary/aromatic N) is 1. The summed E-state index contributed by atoms with van der Waals surface area (Å²) in [6.07, 6.45) is -0.540. The second-order valence-electron chi connectivity index (χ2n) is 5.16. The van der Waals surface area contributed by atoms with E-state index in [-0.39, 0.29) is 4.48 Å². The number of hydrogen-bond donors (Lipinski definition) is 1. The van der Waals surface area contributed by atoms with Crippen LogP contribution in [-0.2, 0) is 18.9 Å². The van der Waals surface area contributed by atoms with Crippen LogP contribution in [0.15, 0.2) is 0 Å². The van der Waals surface area contributed by atoms with Gasteiger partial charge in [0.25, 0.3) is 0 Å². The zero-order valence-corrected chi connectivity index (χ0v) is 12.5. The standard InChI is InChI=1S/C8H16ClNO8S/c1-10(2,3)6-8(5-7(11)12,19(4,16)17)18-9(13,14)15/h5-6H2,1-4H3/p+1/t8-/m1/s1. The lowest BCUT2D eigenvalue weighted by Gasteiger charge is -2.33. The number of likely N-dealkylation sites (N-methyl/N-ethyl adjacent to an activating group) is 1. The van der Waals surface area contributed by atoms with Crippen molar-refractivity contribution in [2.75, 3.05) is 33.9 Å². The van der Waals surface area contributed by atoms with E-state index in [9.17, 15) is 27.2 Å². The maximum absolute atomic E-state index is 11.7. The number of quaternary nitrogens is 1. The number of rotatable bonds is 7. The molecule has 19 heavy (non-hydrogen) atoms. The summed E-state index contributed by atoms with van der Waals surface area (Å²) in [5.74, 6) is -1.60. The minimum absolute atomic E-state index is 0.120. The lowest BCUT2D eigenvalue weighted by molar-refractivity contribution is -1.92. The molecule has 0 unspecified atom stereocenters. The van der Waals surface area contributed by atoms with E-state index < -0.39 is 43.9 Å². The Bertz CT molecular complexity index is 419. The van der Waals surface area contributed by atoms with Crippen LogP contribution in [0.1, 0.15) is 6.42 Å². The van der Waals surface area contributed by atoms with Crippen molar-refractivity contribution in [1.82, 2.24) is 0 Å². The van der Waals surface area contributed by atoms with Crippen molar-refractivity contribution in [2.24, 2.45) is 0 Å². The Morgan fingerprint density at radius 2 is 1.74 bits per heavy atom. The van der Waals surface area contributed by atoms with Crippen molar-refractivity contribution in [2.45, 2.75) is 11.4 Å². The maximum Gasteiger partial charge on any atom is 0.378 e. The quantitative estimate of drug-likeness (QED) is 0.464. The van der Waals surface area contributed by atoms with E-state index in [0.29, 0.717) is 6.26 Å². The summed E-state index contributed by atoms with van der Waals surface area (Å²) in [7, 11) is -4.89. The molecule has 0 aliphatic carbocycles. The molecule has 0 aromatic rings. The second-order valence-corrected chi connectivity index (χ2v) is 8.36. The highest BCUT2D eigenvalue weighted by molar-refractivity contribution is 7.92. The molecule has 114 valence electrons. The number of carboxylic acid groups (broad SMARTS) is 1. The average molecular weight is 323 g/mol. The van der Waals surface area contributed by atoms with Gasteiger partial charge in [-0.05, 0) is 0 Å². The molecule has 1 atom stereocenters. The molecule has 1 N–H and O–H groups in total. The molecule has 0 heterocycles. The molecule has 0 aliphatic heterocycles. The zero-order chi connectivity index (χ0) is 15.7. The third-order valence-electron chi connectivity index (χ3n) is 2.05. The van der Waals surface area contributed by atoms with Crippen molar-refractivity contribution in [3.8, 4) is 0 Å². The van der Waals surface area contributed by atoms with Crippen molar-refractivity contribution in [1.29, 1.82) is 0 Å². The molecule has 11 heteroatoms. The summed E-state index contributed by atoms with van der Waals surface area (Å²) < 4.78 is 59.5. The summed E-state index contributed by atoms with van der Waals surface area (Å²) in [5.41, 5.74) is 0. The molecule has 0 saturated heterocycles. The number of hydrogen-bond acceptors (Lipinski definition) is 7. The molecule has 0 radical (unpaired) electrons. The molecule has 0 spiro atoms. The highest BCUT2D eigenvalue weighted by Crippen LogP contribution is 2.28.